The third-order valence-electron chi connectivity index (χ3n) is 3.90. The lowest BCUT2D eigenvalue weighted by Gasteiger charge is -2.34. The number of guanidine groups is 1. The number of rotatable bonds is 1. The van der Waals surface area contributed by atoms with Gasteiger partial charge in [-0.2, -0.15) is 0 Å². The van der Waals surface area contributed by atoms with Crippen LogP contribution in [-0.4, -0.2) is 46.7 Å². The van der Waals surface area contributed by atoms with Crippen LogP contribution >= 0.6 is 11.3 Å². The van der Waals surface area contributed by atoms with E-state index >= 15 is 0 Å². The van der Waals surface area contributed by atoms with Crippen molar-refractivity contribution in [2.24, 2.45) is 4.99 Å². The van der Waals surface area contributed by atoms with E-state index in [0.29, 0.717) is 24.9 Å². The van der Waals surface area contributed by atoms with Gasteiger partial charge in [-0.15, -0.1) is 11.3 Å². The first-order chi connectivity index (χ1) is 11.2. The van der Waals surface area contributed by atoms with Gasteiger partial charge in [0, 0.05) is 29.7 Å². The highest BCUT2D eigenvalue weighted by molar-refractivity contribution is 7.10. The Kier molecular flexibility index (Phi) is 3.62. The van der Waals surface area contributed by atoms with Crippen molar-refractivity contribution in [2.75, 3.05) is 31.6 Å². The second-order valence-corrected chi connectivity index (χ2v) is 6.47. The second-order valence-electron chi connectivity index (χ2n) is 5.50. The third kappa shape index (κ3) is 2.64. The summed E-state index contributed by atoms with van der Waals surface area (Å²) in [5.74, 6) is 1.30. The fraction of sp³-hybridized carbons (Fsp3) is 0.400. The second kappa shape index (κ2) is 5.78. The lowest BCUT2D eigenvalue weighted by atomic mass is 10.3. The number of aryl methyl sites for hydroxylation is 1. The molecule has 23 heavy (non-hydrogen) atoms. The predicted molar refractivity (Wildman–Crippen MR) is 89.1 cm³/mol. The molecule has 0 radical (unpaired) electrons. The Bertz CT molecular complexity index is 793. The van der Waals surface area contributed by atoms with Crippen LogP contribution in [0.15, 0.2) is 33.4 Å². The van der Waals surface area contributed by atoms with Crippen LogP contribution in [0.3, 0.4) is 0 Å². The molecule has 7 nitrogen and oxygen atoms in total. The smallest absolute Gasteiger partial charge is 0.257 e. The van der Waals surface area contributed by atoms with E-state index in [4.69, 9.17) is 9.73 Å². The van der Waals surface area contributed by atoms with E-state index in [2.05, 4.69) is 15.2 Å². The van der Waals surface area contributed by atoms with Gasteiger partial charge in [0.1, 0.15) is 0 Å². The van der Waals surface area contributed by atoms with Crippen molar-refractivity contribution >= 4 is 23.2 Å². The van der Waals surface area contributed by atoms with Crippen LogP contribution in [0.25, 0.3) is 0 Å². The van der Waals surface area contributed by atoms with Crippen molar-refractivity contribution in [1.29, 1.82) is 0 Å². The molecular weight excluding hydrogens is 314 g/mol. The van der Waals surface area contributed by atoms with Gasteiger partial charge < -0.3 is 9.64 Å². The molecule has 0 spiro atoms. The van der Waals surface area contributed by atoms with Gasteiger partial charge >= 0.3 is 0 Å². The van der Waals surface area contributed by atoms with Gasteiger partial charge in [0.2, 0.25) is 11.9 Å². The number of thiophene rings is 1. The molecule has 1 saturated heterocycles. The number of hydrogen-bond donors (Lipinski definition) is 1. The highest BCUT2D eigenvalue weighted by Crippen LogP contribution is 2.29. The molecule has 2 aliphatic rings. The number of ether oxygens (including phenoxy) is 1. The molecule has 4 rings (SSSR count). The highest BCUT2D eigenvalue weighted by Gasteiger charge is 2.28. The van der Waals surface area contributed by atoms with Gasteiger partial charge in [-0.25, -0.2) is 9.98 Å². The Morgan fingerprint density at radius 2 is 2.22 bits per heavy atom. The van der Waals surface area contributed by atoms with Crippen LogP contribution in [0.2, 0.25) is 0 Å². The molecule has 2 aliphatic heterocycles. The zero-order valence-electron chi connectivity index (χ0n) is 12.7. The molecule has 1 N–H and O–H groups in total. The molecule has 8 heteroatoms. The van der Waals surface area contributed by atoms with Crippen LogP contribution in [0.5, 0.6) is 0 Å². The first kappa shape index (κ1) is 14.4. The Labute approximate surface area is 137 Å². The van der Waals surface area contributed by atoms with Crippen LogP contribution in [0.1, 0.15) is 16.7 Å². The summed E-state index contributed by atoms with van der Waals surface area (Å²) in [6, 6.07) is 5.51. The van der Waals surface area contributed by atoms with Crippen molar-refractivity contribution in [3.63, 3.8) is 0 Å². The first-order valence-corrected chi connectivity index (χ1v) is 8.41. The molecule has 1 atom stereocenters. The molecule has 120 valence electrons. The number of hydrogen-bond acceptors (Lipinski definition) is 7. The minimum atomic E-state index is -0.371. The Hall–Kier alpha value is -2.19. The largest absolute Gasteiger partial charge is 0.378 e. The van der Waals surface area contributed by atoms with Crippen LogP contribution in [0, 0.1) is 6.92 Å². The molecule has 0 aliphatic carbocycles. The van der Waals surface area contributed by atoms with Gasteiger partial charge in [0.25, 0.3) is 5.56 Å². The van der Waals surface area contributed by atoms with Gasteiger partial charge in [-0.3, -0.25) is 14.7 Å². The standard InChI is InChI=1S/C15H17N5O2S/c1-10-9-12(21)20-13(11-3-2-8-23-11)17-14(18-15(20)16-10)19-4-6-22-7-5-19/h2-3,8-9,13H,4-7H2,1H3,(H,16,17,18)/t13-/m1/s1. The van der Waals surface area contributed by atoms with E-state index in [9.17, 15) is 4.79 Å². The van der Waals surface area contributed by atoms with E-state index < -0.39 is 0 Å². The zero-order chi connectivity index (χ0) is 15.8. The number of nitrogens with zero attached hydrogens (tertiary/aromatic N) is 4. The van der Waals surface area contributed by atoms with Crippen LogP contribution in [-0.2, 0) is 4.74 Å². The number of aliphatic imine (C=N–C) groups is 1. The number of nitrogens with one attached hydrogen (secondary N) is 1. The maximum Gasteiger partial charge on any atom is 0.257 e. The summed E-state index contributed by atoms with van der Waals surface area (Å²) < 4.78 is 7.02. The molecule has 4 heterocycles. The fourth-order valence-electron chi connectivity index (χ4n) is 2.80. The van der Waals surface area contributed by atoms with Crippen molar-refractivity contribution in [3.05, 3.63) is 44.5 Å². The molecule has 0 amide bonds. The van der Waals surface area contributed by atoms with Crippen LogP contribution in [0.4, 0.5) is 5.95 Å². The van der Waals surface area contributed by atoms with Gasteiger partial charge in [-0.1, -0.05) is 6.07 Å². The maximum absolute atomic E-state index is 12.5. The van der Waals surface area contributed by atoms with Crippen molar-refractivity contribution in [3.8, 4) is 0 Å². The van der Waals surface area contributed by atoms with Crippen molar-refractivity contribution in [2.45, 2.75) is 13.1 Å². The Morgan fingerprint density at radius 1 is 1.39 bits per heavy atom. The molecule has 2 aromatic heterocycles. The molecule has 0 unspecified atom stereocenters. The van der Waals surface area contributed by atoms with Crippen molar-refractivity contribution in [1.82, 2.24) is 14.5 Å². The lowest BCUT2D eigenvalue weighted by molar-refractivity contribution is 0.0675. The summed E-state index contributed by atoms with van der Waals surface area (Å²) in [6.45, 7) is 4.74. The normalized spacial score (nSPS) is 20.7. The summed E-state index contributed by atoms with van der Waals surface area (Å²) in [4.78, 5) is 24.9. The fourth-order valence-corrected chi connectivity index (χ4v) is 3.55. The molecular formula is C15H17N5O2S. The zero-order valence-corrected chi connectivity index (χ0v) is 13.5. The molecule has 1 fully saturated rings. The highest BCUT2D eigenvalue weighted by atomic mass is 32.1. The summed E-state index contributed by atoms with van der Waals surface area (Å²) in [5.41, 5.74) is 0.602. The summed E-state index contributed by atoms with van der Waals surface area (Å²) in [5, 5.41) is 5.21. The minimum absolute atomic E-state index is 0.0943. The van der Waals surface area contributed by atoms with E-state index in [1.54, 1.807) is 22.0 Å². The molecule has 0 saturated carbocycles. The minimum Gasteiger partial charge on any atom is -0.378 e. The molecule has 0 bridgehead atoms. The quantitative estimate of drug-likeness (QED) is 0.852. The Balaban J connectivity index is 1.81. The molecule has 0 aromatic carbocycles. The number of morpholine rings is 1. The van der Waals surface area contributed by atoms with Gasteiger partial charge in [0.15, 0.2) is 6.17 Å². The SMILES string of the molecule is Cc1cc(=O)n2c(n1)NC(N1CCOCC1)=N[C@H]2c1cccs1. The van der Waals surface area contributed by atoms with Gasteiger partial charge in [-0.05, 0) is 18.4 Å². The maximum atomic E-state index is 12.5. The predicted octanol–water partition coefficient (Wildman–Crippen LogP) is 1.27. The Morgan fingerprint density at radius 3 is 2.96 bits per heavy atom. The first-order valence-electron chi connectivity index (χ1n) is 7.53. The monoisotopic (exact) mass is 331 g/mol. The van der Waals surface area contributed by atoms with E-state index in [0.717, 1.165) is 23.9 Å². The van der Waals surface area contributed by atoms with Crippen LogP contribution < -0.4 is 10.9 Å². The lowest BCUT2D eigenvalue weighted by Crippen LogP contribution is -2.47. The van der Waals surface area contributed by atoms with Crippen molar-refractivity contribution < 1.29 is 4.74 Å². The van der Waals surface area contributed by atoms with E-state index in [1.165, 1.54) is 0 Å². The third-order valence-corrected chi connectivity index (χ3v) is 4.81. The molecule has 2 aromatic rings. The average Bonchev–Trinajstić information content (AvgIpc) is 3.08. The topological polar surface area (TPSA) is 71.8 Å². The van der Waals surface area contributed by atoms with Gasteiger partial charge in [0.05, 0.1) is 13.2 Å². The van der Waals surface area contributed by atoms with E-state index in [-0.39, 0.29) is 11.7 Å². The number of aromatic nitrogens is 2. The summed E-state index contributed by atoms with van der Waals surface area (Å²) in [6.07, 6.45) is -0.371. The average molecular weight is 331 g/mol. The number of fused-ring (bicyclic) bond motifs is 1. The number of anilines is 1. The van der Waals surface area contributed by atoms with E-state index in [1.807, 2.05) is 24.4 Å². The summed E-state index contributed by atoms with van der Waals surface area (Å²) in [7, 11) is 0. The summed E-state index contributed by atoms with van der Waals surface area (Å²) >= 11 is 1.59.